The third kappa shape index (κ3) is 5.28. The number of carbonyl (C=O) groups is 2. The van der Waals surface area contributed by atoms with Crippen LogP contribution in [0, 0.1) is 0 Å². The smallest absolute Gasteiger partial charge is 0.340 e. The molecule has 2 atom stereocenters. The molecule has 0 aliphatic carbocycles. The van der Waals surface area contributed by atoms with Gasteiger partial charge in [0.25, 0.3) is 5.91 Å². The summed E-state index contributed by atoms with van der Waals surface area (Å²) in [6.07, 6.45) is -2.75. The van der Waals surface area contributed by atoms with Crippen molar-refractivity contribution in [3.8, 4) is 5.88 Å². The molecule has 0 bridgehead atoms. The summed E-state index contributed by atoms with van der Waals surface area (Å²) >= 11 is 0. The van der Waals surface area contributed by atoms with Crippen molar-refractivity contribution < 1.29 is 36.6 Å². The summed E-state index contributed by atoms with van der Waals surface area (Å²) in [6.45, 7) is -1.37. The monoisotopic (exact) mass is 379 g/mol. The third-order valence-corrected chi connectivity index (χ3v) is 3.65. The Balaban J connectivity index is 1.80. The Hall–Kier alpha value is -2.43. The number of amides is 2. The Labute approximate surface area is 145 Å². The van der Waals surface area contributed by atoms with E-state index >= 15 is 0 Å². The predicted octanol–water partition coefficient (Wildman–Crippen LogP) is 1.12. The Morgan fingerprint density at radius 1 is 1.38 bits per heavy atom. The third-order valence-electron chi connectivity index (χ3n) is 3.65. The molecule has 144 valence electrons. The summed E-state index contributed by atoms with van der Waals surface area (Å²) in [6, 6.07) is 2.37. The van der Waals surface area contributed by atoms with Gasteiger partial charge in [0, 0.05) is 18.8 Å². The molecule has 0 saturated carbocycles. The molecular formula is C15H17F4N3O4. The number of nitrogens with one attached hydrogen (secondary N) is 1. The summed E-state index contributed by atoms with van der Waals surface area (Å²) in [7, 11) is 0. The van der Waals surface area contributed by atoms with Gasteiger partial charge in [0.2, 0.25) is 11.8 Å². The van der Waals surface area contributed by atoms with Crippen LogP contribution < -0.4 is 15.8 Å². The molecule has 0 spiro atoms. The fourth-order valence-corrected chi connectivity index (χ4v) is 2.21. The highest BCUT2D eigenvalue weighted by molar-refractivity contribution is 5.93. The average molecular weight is 379 g/mol. The van der Waals surface area contributed by atoms with Crippen LogP contribution in [0.5, 0.6) is 5.88 Å². The minimum absolute atomic E-state index is 0.113. The van der Waals surface area contributed by atoms with Crippen molar-refractivity contribution in [1.29, 1.82) is 0 Å². The van der Waals surface area contributed by atoms with Crippen LogP contribution in [0.1, 0.15) is 23.2 Å². The largest absolute Gasteiger partial charge is 0.471 e. The van der Waals surface area contributed by atoms with Gasteiger partial charge in [-0.05, 0) is 18.9 Å². The van der Waals surface area contributed by atoms with Crippen LogP contribution in [0.15, 0.2) is 18.3 Å². The molecule has 1 aromatic rings. The number of halogens is 4. The Morgan fingerprint density at radius 3 is 2.65 bits per heavy atom. The zero-order valence-electron chi connectivity index (χ0n) is 13.5. The summed E-state index contributed by atoms with van der Waals surface area (Å²) < 4.78 is 59.4. The minimum Gasteiger partial charge on any atom is -0.471 e. The molecule has 7 nitrogen and oxygen atoms in total. The van der Waals surface area contributed by atoms with E-state index in [4.69, 9.17) is 10.5 Å². The van der Waals surface area contributed by atoms with Gasteiger partial charge in [0.15, 0.2) is 6.61 Å². The highest BCUT2D eigenvalue weighted by Crippen LogP contribution is 2.23. The molecule has 3 N–H and O–H groups in total. The molecule has 1 saturated heterocycles. The summed E-state index contributed by atoms with van der Waals surface area (Å²) in [5.74, 6) is -5.67. The molecule has 2 heterocycles. The van der Waals surface area contributed by atoms with E-state index in [1.165, 1.54) is 6.07 Å². The minimum atomic E-state index is -4.29. The van der Waals surface area contributed by atoms with Gasteiger partial charge in [-0.2, -0.15) is 8.78 Å². The summed E-state index contributed by atoms with van der Waals surface area (Å²) in [5, 5.41) is 2.57. The van der Waals surface area contributed by atoms with Gasteiger partial charge in [0.05, 0.1) is 11.7 Å². The molecule has 11 heteroatoms. The Morgan fingerprint density at radius 2 is 2.12 bits per heavy atom. The predicted molar refractivity (Wildman–Crippen MR) is 80.1 cm³/mol. The second-order valence-corrected chi connectivity index (χ2v) is 5.67. The van der Waals surface area contributed by atoms with Crippen LogP contribution in [-0.4, -0.2) is 54.5 Å². The van der Waals surface area contributed by atoms with Gasteiger partial charge in [-0.15, -0.1) is 0 Å². The molecule has 2 unspecified atom stereocenters. The zero-order valence-corrected chi connectivity index (χ0v) is 13.5. The normalized spacial score (nSPS) is 20.2. The molecule has 2 amide bonds. The maximum atomic E-state index is 12.8. The van der Waals surface area contributed by atoms with Gasteiger partial charge < -0.3 is 20.5 Å². The number of nitrogens with zero attached hydrogens (tertiary/aromatic N) is 1. The number of carbonyl (C=O) groups excluding carboxylic acids is 2. The standard InChI is InChI=1S/C15H17F4N3O4/c16-14(17)15(18,19)7-25-11-4-1-8(5-21-11)13(24)22-6-9-2-3-10(26-9)12(20)23/h1,4-5,9-10,14H,2-3,6-7H2,(H2,20,23)(H,22,24). The zero-order chi connectivity index (χ0) is 19.3. The SMILES string of the molecule is NC(=O)C1CCC(CNC(=O)c2ccc(OCC(F)(F)C(F)F)nc2)O1. The highest BCUT2D eigenvalue weighted by Gasteiger charge is 2.41. The average Bonchev–Trinajstić information content (AvgIpc) is 3.07. The van der Waals surface area contributed by atoms with Crippen molar-refractivity contribution in [2.24, 2.45) is 5.73 Å². The van der Waals surface area contributed by atoms with Crippen molar-refractivity contribution in [3.63, 3.8) is 0 Å². The molecular weight excluding hydrogens is 362 g/mol. The maximum absolute atomic E-state index is 12.8. The number of hydrogen-bond donors (Lipinski definition) is 2. The molecule has 2 rings (SSSR count). The lowest BCUT2D eigenvalue weighted by Crippen LogP contribution is -2.34. The van der Waals surface area contributed by atoms with Crippen LogP contribution in [0.2, 0.25) is 0 Å². The number of ether oxygens (including phenoxy) is 2. The number of primary amides is 1. The quantitative estimate of drug-likeness (QED) is 0.659. The first-order chi connectivity index (χ1) is 12.2. The first-order valence-electron chi connectivity index (χ1n) is 7.67. The first kappa shape index (κ1) is 19.9. The van der Waals surface area contributed by atoms with Crippen molar-refractivity contribution in [2.45, 2.75) is 37.4 Å². The number of aromatic nitrogens is 1. The maximum Gasteiger partial charge on any atom is 0.340 e. The van der Waals surface area contributed by atoms with Gasteiger partial charge in [-0.1, -0.05) is 0 Å². The lowest BCUT2D eigenvalue weighted by atomic mass is 10.2. The molecule has 0 radical (unpaired) electrons. The lowest BCUT2D eigenvalue weighted by molar-refractivity contribution is -0.148. The van der Waals surface area contributed by atoms with Crippen molar-refractivity contribution in [3.05, 3.63) is 23.9 Å². The van der Waals surface area contributed by atoms with E-state index in [0.717, 1.165) is 12.3 Å². The molecule has 1 aromatic heterocycles. The highest BCUT2D eigenvalue weighted by atomic mass is 19.3. The van der Waals surface area contributed by atoms with E-state index in [2.05, 4.69) is 15.0 Å². The van der Waals surface area contributed by atoms with Crippen LogP contribution in [0.3, 0.4) is 0 Å². The molecule has 1 aliphatic heterocycles. The van der Waals surface area contributed by atoms with Gasteiger partial charge in [-0.3, -0.25) is 9.59 Å². The van der Waals surface area contributed by atoms with E-state index in [9.17, 15) is 27.2 Å². The van der Waals surface area contributed by atoms with Gasteiger partial charge in [0.1, 0.15) is 6.10 Å². The van der Waals surface area contributed by atoms with Crippen molar-refractivity contribution >= 4 is 11.8 Å². The van der Waals surface area contributed by atoms with Crippen molar-refractivity contribution in [1.82, 2.24) is 10.3 Å². The fraction of sp³-hybridized carbons (Fsp3) is 0.533. The van der Waals surface area contributed by atoms with E-state index in [0.29, 0.717) is 12.8 Å². The van der Waals surface area contributed by atoms with Crippen LogP contribution in [0.4, 0.5) is 17.6 Å². The Bertz CT molecular complexity index is 642. The number of hydrogen-bond acceptors (Lipinski definition) is 5. The van der Waals surface area contributed by atoms with Gasteiger partial charge in [-0.25, -0.2) is 13.8 Å². The Kier molecular flexibility index (Phi) is 6.35. The summed E-state index contributed by atoms with van der Waals surface area (Å²) in [4.78, 5) is 26.6. The van der Waals surface area contributed by atoms with Crippen LogP contribution >= 0.6 is 0 Å². The topological polar surface area (TPSA) is 104 Å². The van der Waals surface area contributed by atoms with E-state index < -0.39 is 36.9 Å². The second kappa shape index (κ2) is 8.30. The lowest BCUT2D eigenvalue weighted by Gasteiger charge is -2.15. The van der Waals surface area contributed by atoms with Crippen LogP contribution in [0.25, 0.3) is 0 Å². The van der Waals surface area contributed by atoms with Crippen molar-refractivity contribution in [2.75, 3.05) is 13.2 Å². The summed E-state index contributed by atoms with van der Waals surface area (Å²) in [5.41, 5.74) is 5.24. The van der Waals surface area contributed by atoms with E-state index in [-0.39, 0.29) is 24.1 Å². The number of alkyl halides is 4. The van der Waals surface area contributed by atoms with E-state index in [1.54, 1.807) is 0 Å². The fourth-order valence-electron chi connectivity index (χ4n) is 2.21. The number of rotatable bonds is 8. The second-order valence-electron chi connectivity index (χ2n) is 5.67. The van der Waals surface area contributed by atoms with E-state index in [1.807, 2.05) is 0 Å². The van der Waals surface area contributed by atoms with Crippen LogP contribution in [-0.2, 0) is 9.53 Å². The molecule has 26 heavy (non-hydrogen) atoms. The number of pyridine rings is 1. The molecule has 0 aromatic carbocycles. The molecule has 1 aliphatic rings. The van der Waals surface area contributed by atoms with Gasteiger partial charge >= 0.3 is 12.3 Å². The molecule has 1 fully saturated rings. The number of nitrogens with two attached hydrogens (primary N) is 1. The first-order valence-corrected chi connectivity index (χ1v) is 7.67.